The molecule has 0 N–H and O–H groups in total. The van der Waals surface area contributed by atoms with E-state index in [1.165, 1.54) is 0 Å². The van der Waals surface area contributed by atoms with Crippen LogP contribution in [0.3, 0.4) is 0 Å². The SMILES string of the molecule is CC(C)N1C(=O)CN(C(=O)C2CCC2)c2ccccc21. The summed E-state index contributed by atoms with van der Waals surface area (Å²) < 4.78 is 0. The lowest BCUT2D eigenvalue weighted by atomic mass is 9.84. The van der Waals surface area contributed by atoms with Crippen LogP contribution >= 0.6 is 0 Å². The van der Waals surface area contributed by atoms with E-state index >= 15 is 0 Å². The zero-order valence-corrected chi connectivity index (χ0v) is 12.0. The van der Waals surface area contributed by atoms with E-state index in [0.29, 0.717) is 0 Å². The monoisotopic (exact) mass is 272 g/mol. The van der Waals surface area contributed by atoms with E-state index in [0.717, 1.165) is 30.6 Å². The fourth-order valence-electron chi connectivity index (χ4n) is 2.97. The van der Waals surface area contributed by atoms with Gasteiger partial charge in [0.2, 0.25) is 11.8 Å². The van der Waals surface area contributed by atoms with E-state index in [2.05, 4.69) is 0 Å². The molecule has 0 atom stereocenters. The molecular formula is C16H20N2O2. The summed E-state index contributed by atoms with van der Waals surface area (Å²) in [6.07, 6.45) is 3.04. The number of hydrogen-bond acceptors (Lipinski definition) is 2. The Labute approximate surface area is 119 Å². The Balaban J connectivity index is 1.99. The molecule has 4 heteroatoms. The molecule has 1 heterocycles. The fourth-order valence-corrected chi connectivity index (χ4v) is 2.97. The average molecular weight is 272 g/mol. The van der Waals surface area contributed by atoms with Gasteiger partial charge in [0.25, 0.3) is 0 Å². The van der Waals surface area contributed by atoms with Crippen molar-refractivity contribution in [3.8, 4) is 0 Å². The molecule has 0 unspecified atom stereocenters. The van der Waals surface area contributed by atoms with Crippen LogP contribution in [-0.2, 0) is 9.59 Å². The highest BCUT2D eigenvalue weighted by molar-refractivity contribution is 6.11. The summed E-state index contributed by atoms with van der Waals surface area (Å²) in [5, 5.41) is 0. The summed E-state index contributed by atoms with van der Waals surface area (Å²) in [4.78, 5) is 28.4. The number of nitrogens with zero attached hydrogens (tertiary/aromatic N) is 2. The largest absolute Gasteiger partial charge is 0.306 e. The molecular weight excluding hydrogens is 252 g/mol. The van der Waals surface area contributed by atoms with Crippen LogP contribution in [0, 0.1) is 5.92 Å². The van der Waals surface area contributed by atoms with Crippen LogP contribution in [0.4, 0.5) is 11.4 Å². The van der Waals surface area contributed by atoms with Crippen molar-refractivity contribution >= 4 is 23.2 Å². The van der Waals surface area contributed by atoms with Crippen LogP contribution in [0.5, 0.6) is 0 Å². The molecule has 1 saturated carbocycles. The molecule has 4 nitrogen and oxygen atoms in total. The first-order valence-electron chi connectivity index (χ1n) is 7.32. The van der Waals surface area contributed by atoms with Gasteiger partial charge >= 0.3 is 0 Å². The first kappa shape index (κ1) is 13.2. The minimum atomic E-state index is 0.00590. The molecule has 1 aromatic rings. The first-order chi connectivity index (χ1) is 9.59. The topological polar surface area (TPSA) is 40.6 Å². The third-order valence-corrected chi connectivity index (χ3v) is 4.23. The Hall–Kier alpha value is -1.84. The van der Waals surface area contributed by atoms with Gasteiger partial charge in [-0.15, -0.1) is 0 Å². The number of carbonyl (C=O) groups excluding carboxylic acids is 2. The van der Waals surface area contributed by atoms with Crippen molar-refractivity contribution in [1.29, 1.82) is 0 Å². The number of para-hydroxylation sites is 2. The molecule has 0 spiro atoms. The van der Waals surface area contributed by atoms with E-state index in [-0.39, 0.29) is 30.3 Å². The second kappa shape index (κ2) is 4.93. The Morgan fingerprint density at radius 2 is 1.85 bits per heavy atom. The Morgan fingerprint density at radius 3 is 2.40 bits per heavy atom. The average Bonchev–Trinajstić information content (AvgIpc) is 2.35. The van der Waals surface area contributed by atoms with Crippen LogP contribution in [-0.4, -0.2) is 24.4 Å². The lowest BCUT2D eigenvalue weighted by molar-refractivity contribution is -0.127. The predicted molar refractivity (Wildman–Crippen MR) is 78.8 cm³/mol. The normalized spacial score (nSPS) is 19.1. The second-order valence-electron chi connectivity index (χ2n) is 5.90. The number of carbonyl (C=O) groups is 2. The van der Waals surface area contributed by atoms with E-state index in [4.69, 9.17) is 0 Å². The van der Waals surface area contributed by atoms with Crippen molar-refractivity contribution in [3.63, 3.8) is 0 Å². The second-order valence-corrected chi connectivity index (χ2v) is 5.90. The minimum Gasteiger partial charge on any atom is -0.306 e. The predicted octanol–water partition coefficient (Wildman–Crippen LogP) is 2.57. The molecule has 1 aliphatic heterocycles. The first-order valence-corrected chi connectivity index (χ1v) is 7.32. The third kappa shape index (κ3) is 1.99. The van der Waals surface area contributed by atoms with Gasteiger partial charge < -0.3 is 9.80 Å². The number of amides is 2. The molecule has 0 saturated heterocycles. The van der Waals surface area contributed by atoms with E-state index in [9.17, 15) is 9.59 Å². The zero-order valence-electron chi connectivity index (χ0n) is 12.0. The number of rotatable bonds is 2. The van der Waals surface area contributed by atoms with Gasteiger partial charge in [0.15, 0.2) is 0 Å². The van der Waals surface area contributed by atoms with E-state index in [1.807, 2.05) is 38.1 Å². The number of benzene rings is 1. The summed E-state index contributed by atoms with van der Waals surface area (Å²) in [6, 6.07) is 7.80. The van der Waals surface area contributed by atoms with Crippen molar-refractivity contribution in [2.75, 3.05) is 16.3 Å². The van der Waals surface area contributed by atoms with Gasteiger partial charge in [0.05, 0.1) is 11.4 Å². The van der Waals surface area contributed by atoms with Crippen LogP contribution in [0.2, 0.25) is 0 Å². The molecule has 0 radical (unpaired) electrons. The number of fused-ring (bicyclic) bond motifs is 1. The van der Waals surface area contributed by atoms with Gasteiger partial charge in [0.1, 0.15) is 6.54 Å². The molecule has 1 fully saturated rings. The van der Waals surface area contributed by atoms with E-state index < -0.39 is 0 Å². The molecule has 2 amide bonds. The molecule has 20 heavy (non-hydrogen) atoms. The molecule has 1 aromatic carbocycles. The molecule has 0 bridgehead atoms. The lowest BCUT2D eigenvalue weighted by Gasteiger charge is -2.40. The van der Waals surface area contributed by atoms with Crippen LogP contribution in [0.25, 0.3) is 0 Å². The van der Waals surface area contributed by atoms with Crippen LogP contribution < -0.4 is 9.80 Å². The summed E-state index contributed by atoms with van der Waals surface area (Å²) in [5.74, 6) is 0.230. The van der Waals surface area contributed by atoms with Gasteiger partial charge in [0, 0.05) is 12.0 Å². The van der Waals surface area contributed by atoms with Crippen LogP contribution in [0.15, 0.2) is 24.3 Å². The maximum atomic E-state index is 12.5. The van der Waals surface area contributed by atoms with Gasteiger partial charge in [-0.1, -0.05) is 18.6 Å². The molecule has 3 rings (SSSR count). The summed E-state index contributed by atoms with van der Waals surface area (Å²) in [6.45, 7) is 4.17. The van der Waals surface area contributed by atoms with Crippen molar-refractivity contribution in [2.45, 2.75) is 39.2 Å². The summed E-state index contributed by atoms with van der Waals surface area (Å²) in [5.41, 5.74) is 1.73. The molecule has 106 valence electrons. The zero-order chi connectivity index (χ0) is 14.3. The van der Waals surface area contributed by atoms with E-state index in [1.54, 1.807) is 9.80 Å². The fraction of sp³-hybridized carbons (Fsp3) is 0.500. The maximum absolute atomic E-state index is 12.5. The van der Waals surface area contributed by atoms with Crippen molar-refractivity contribution in [2.24, 2.45) is 5.92 Å². The minimum absolute atomic E-state index is 0.00590. The Morgan fingerprint density at radius 1 is 1.20 bits per heavy atom. The highest BCUT2D eigenvalue weighted by atomic mass is 16.2. The van der Waals surface area contributed by atoms with Crippen molar-refractivity contribution in [3.05, 3.63) is 24.3 Å². The van der Waals surface area contributed by atoms with Gasteiger partial charge in [-0.25, -0.2) is 0 Å². The standard InChI is InChI=1S/C16H20N2O2/c1-11(2)18-14-9-4-3-8-13(14)17(10-15(18)19)16(20)12-6-5-7-12/h3-4,8-9,11-12H,5-7,10H2,1-2H3. The summed E-state index contributed by atoms with van der Waals surface area (Å²) >= 11 is 0. The number of hydrogen-bond donors (Lipinski definition) is 0. The smallest absolute Gasteiger partial charge is 0.247 e. The van der Waals surface area contributed by atoms with Crippen molar-refractivity contribution in [1.82, 2.24) is 0 Å². The van der Waals surface area contributed by atoms with Crippen molar-refractivity contribution < 1.29 is 9.59 Å². The molecule has 2 aliphatic rings. The maximum Gasteiger partial charge on any atom is 0.247 e. The summed E-state index contributed by atoms with van der Waals surface area (Å²) in [7, 11) is 0. The third-order valence-electron chi connectivity index (χ3n) is 4.23. The van der Waals surface area contributed by atoms with Gasteiger partial charge in [-0.05, 0) is 38.8 Å². The molecule has 1 aliphatic carbocycles. The Kier molecular flexibility index (Phi) is 3.24. The number of anilines is 2. The van der Waals surface area contributed by atoms with Crippen LogP contribution in [0.1, 0.15) is 33.1 Å². The highest BCUT2D eigenvalue weighted by Gasteiger charge is 2.37. The van der Waals surface area contributed by atoms with Gasteiger partial charge in [-0.3, -0.25) is 9.59 Å². The lowest BCUT2D eigenvalue weighted by Crippen LogP contribution is -2.52. The Bertz CT molecular complexity index is 549. The highest BCUT2D eigenvalue weighted by Crippen LogP contribution is 2.37. The van der Waals surface area contributed by atoms with Gasteiger partial charge in [-0.2, -0.15) is 0 Å². The quantitative estimate of drug-likeness (QED) is 0.830. The molecule has 0 aromatic heterocycles.